The van der Waals surface area contributed by atoms with E-state index in [2.05, 4.69) is 4.65 Å². The fourth-order valence-corrected chi connectivity index (χ4v) is 0.769. The molecule has 6 nitrogen and oxygen atoms in total. The first-order valence-electron chi connectivity index (χ1n) is 3.82. The zero-order chi connectivity index (χ0) is 11.0. The molecule has 2 N–H and O–H groups in total. The van der Waals surface area contributed by atoms with Crippen LogP contribution in [0.5, 0.6) is 0 Å². The fraction of sp³-hybridized carbons (Fsp3) is 0.571. The van der Waals surface area contributed by atoms with E-state index in [1.807, 2.05) is 0 Å². The summed E-state index contributed by atoms with van der Waals surface area (Å²) in [6.07, 6.45) is 0.246. The molecule has 0 aliphatic heterocycles. The Hall–Kier alpha value is -1.59. The van der Waals surface area contributed by atoms with E-state index < -0.39 is 12.7 Å². The average molecular weight is 193 g/mol. The van der Waals surface area contributed by atoms with Gasteiger partial charge in [0.05, 0.1) is 0 Å². The Balaban J connectivity index is 3.95. The molecule has 0 aromatic rings. The van der Waals surface area contributed by atoms with Gasteiger partial charge in [-0.25, -0.2) is 0 Å². The number of hydrogen-bond acceptors (Lipinski definition) is 6. The zero-order valence-corrected chi connectivity index (χ0v) is 7.34. The van der Waals surface area contributed by atoms with Gasteiger partial charge in [0, 0.05) is 6.61 Å². The fourth-order valence-electron chi connectivity index (χ4n) is 0.769. The second-order valence-electron chi connectivity index (χ2n) is 2.54. The van der Waals surface area contributed by atoms with Gasteiger partial charge in [0.1, 0.15) is 18.2 Å². The topological polar surface area (TPSA) is 121 Å². The van der Waals surface area contributed by atoms with Crippen LogP contribution in [0.2, 0.25) is 0 Å². The van der Waals surface area contributed by atoms with E-state index in [9.17, 15) is 0 Å². The molecule has 0 radical (unpaired) electrons. The largest absolute Gasteiger partial charge is 0.633 e. The molecule has 0 atom stereocenters. The Morgan fingerprint density at radius 2 is 1.64 bits per heavy atom. The lowest BCUT2D eigenvalue weighted by atomic mass is 9.88. The van der Waals surface area contributed by atoms with E-state index in [0.717, 1.165) is 0 Å². The molecule has 7 heteroatoms. The summed E-state index contributed by atoms with van der Waals surface area (Å²) in [4.78, 5) is 0. The molecule has 0 heterocycles. The van der Waals surface area contributed by atoms with Crippen LogP contribution in [0.15, 0.2) is 0 Å². The van der Waals surface area contributed by atoms with Crippen molar-refractivity contribution in [1.29, 1.82) is 15.8 Å². The highest BCUT2D eigenvalue weighted by Gasteiger charge is 2.29. The number of nitrogens with zero attached hydrogens (tertiary/aromatic N) is 3. The molecule has 0 spiro atoms. The summed E-state index contributed by atoms with van der Waals surface area (Å²) >= 11 is 0. The molecule has 0 amide bonds. The summed E-state index contributed by atoms with van der Waals surface area (Å²) in [5, 5.41) is 42.2. The first kappa shape index (κ1) is 12.4. The van der Waals surface area contributed by atoms with Gasteiger partial charge in [-0.15, -0.1) is 0 Å². The van der Waals surface area contributed by atoms with Crippen LogP contribution in [0, 0.1) is 39.4 Å². The Kier molecular flexibility index (Phi) is 5.28. The van der Waals surface area contributed by atoms with Crippen LogP contribution >= 0.6 is 0 Å². The number of nitriles is 3. The van der Waals surface area contributed by atoms with E-state index in [0.29, 0.717) is 0 Å². The lowest BCUT2D eigenvalue weighted by Gasteiger charge is -2.08. The molecule has 0 aliphatic carbocycles. The van der Waals surface area contributed by atoms with Gasteiger partial charge in [-0.3, -0.25) is 0 Å². The monoisotopic (exact) mass is 193 g/mol. The number of hydrogen-bond donors (Lipinski definition) is 2. The van der Waals surface area contributed by atoms with Gasteiger partial charge in [-0.2, -0.15) is 15.8 Å². The SMILES string of the molecule is N#CC(C#N)(C#N)CCCOB(O)O. The molecule has 0 bridgehead atoms. The van der Waals surface area contributed by atoms with Crippen molar-refractivity contribution in [3.63, 3.8) is 0 Å². The van der Waals surface area contributed by atoms with Gasteiger partial charge in [0.2, 0.25) is 5.41 Å². The summed E-state index contributed by atoms with van der Waals surface area (Å²) in [7, 11) is -1.87. The molecule has 0 aromatic carbocycles. The molecular weight excluding hydrogens is 185 g/mol. The maximum absolute atomic E-state index is 8.55. The Morgan fingerprint density at radius 3 is 2.00 bits per heavy atom. The number of rotatable bonds is 5. The van der Waals surface area contributed by atoms with Gasteiger partial charge in [0.25, 0.3) is 0 Å². The summed E-state index contributed by atoms with van der Waals surface area (Å²) in [5.41, 5.74) is -1.66. The van der Waals surface area contributed by atoms with Gasteiger partial charge < -0.3 is 14.7 Å². The van der Waals surface area contributed by atoms with Crippen molar-refractivity contribution >= 4 is 7.32 Å². The minimum atomic E-state index is -1.87. The predicted octanol–water partition coefficient (Wildman–Crippen LogP) is -0.690. The van der Waals surface area contributed by atoms with Crippen molar-refractivity contribution in [3.05, 3.63) is 0 Å². The van der Waals surface area contributed by atoms with Crippen LogP contribution in [-0.2, 0) is 4.65 Å². The van der Waals surface area contributed by atoms with Crippen LogP contribution in [-0.4, -0.2) is 24.0 Å². The van der Waals surface area contributed by atoms with E-state index in [-0.39, 0.29) is 19.4 Å². The molecule has 0 aromatic heterocycles. The van der Waals surface area contributed by atoms with Crippen molar-refractivity contribution in [3.8, 4) is 18.2 Å². The van der Waals surface area contributed by atoms with Gasteiger partial charge >= 0.3 is 7.32 Å². The van der Waals surface area contributed by atoms with Crippen molar-refractivity contribution in [2.45, 2.75) is 12.8 Å². The van der Waals surface area contributed by atoms with E-state index >= 15 is 0 Å². The Morgan fingerprint density at radius 1 is 1.14 bits per heavy atom. The smallest absolute Gasteiger partial charge is 0.402 e. The minimum absolute atomic E-state index is 0.0171. The quantitative estimate of drug-likeness (QED) is 0.440. The summed E-state index contributed by atoms with van der Waals surface area (Å²) in [6, 6.07) is 4.80. The summed E-state index contributed by atoms with van der Waals surface area (Å²) in [5.74, 6) is 0. The van der Waals surface area contributed by atoms with Crippen molar-refractivity contribution in [2.75, 3.05) is 6.61 Å². The third kappa shape index (κ3) is 3.89. The highest BCUT2D eigenvalue weighted by atomic mass is 16.6. The lowest BCUT2D eigenvalue weighted by molar-refractivity contribution is 0.180. The maximum Gasteiger partial charge on any atom is 0.633 e. The highest BCUT2D eigenvalue weighted by molar-refractivity contribution is 6.32. The normalized spacial score (nSPS) is 9.64. The Bertz CT molecular complexity index is 263. The van der Waals surface area contributed by atoms with E-state index in [1.54, 1.807) is 18.2 Å². The zero-order valence-electron chi connectivity index (χ0n) is 7.34. The Labute approximate surface area is 81.7 Å². The first-order chi connectivity index (χ1) is 6.60. The van der Waals surface area contributed by atoms with Crippen LogP contribution in [0.4, 0.5) is 0 Å². The molecule has 14 heavy (non-hydrogen) atoms. The molecule has 0 aliphatic rings. The maximum atomic E-state index is 8.55. The van der Waals surface area contributed by atoms with E-state index in [4.69, 9.17) is 25.8 Å². The van der Waals surface area contributed by atoms with Crippen LogP contribution < -0.4 is 0 Å². The van der Waals surface area contributed by atoms with Crippen molar-refractivity contribution < 1.29 is 14.7 Å². The predicted molar refractivity (Wildman–Crippen MR) is 44.6 cm³/mol. The molecule has 72 valence electrons. The van der Waals surface area contributed by atoms with Crippen LogP contribution in [0.25, 0.3) is 0 Å². The highest BCUT2D eigenvalue weighted by Crippen LogP contribution is 2.20. The third-order valence-corrected chi connectivity index (χ3v) is 1.54. The van der Waals surface area contributed by atoms with Gasteiger partial charge in [-0.05, 0) is 12.8 Å². The first-order valence-corrected chi connectivity index (χ1v) is 3.82. The molecule has 0 saturated carbocycles. The molecule has 0 rings (SSSR count). The van der Waals surface area contributed by atoms with E-state index in [1.165, 1.54) is 0 Å². The van der Waals surface area contributed by atoms with Crippen LogP contribution in [0.1, 0.15) is 12.8 Å². The summed E-state index contributed by atoms with van der Waals surface area (Å²) in [6.45, 7) is -0.0234. The van der Waals surface area contributed by atoms with Crippen LogP contribution in [0.3, 0.4) is 0 Å². The molecule has 0 unspecified atom stereocenters. The average Bonchev–Trinajstić information content (AvgIpc) is 2.19. The molecule has 0 fully saturated rings. The van der Waals surface area contributed by atoms with Crippen molar-refractivity contribution in [2.24, 2.45) is 5.41 Å². The summed E-state index contributed by atoms with van der Waals surface area (Å²) < 4.78 is 4.35. The third-order valence-electron chi connectivity index (χ3n) is 1.54. The second kappa shape index (κ2) is 5.96. The lowest BCUT2D eigenvalue weighted by Crippen LogP contribution is -2.19. The standard InChI is InChI=1S/C7H8BN3O3/c9-4-7(5-10,6-11)2-1-3-14-8(12)13/h12-13H,1-3H2. The minimum Gasteiger partial charge on any atom is -0.402 e. The molecule has 0 saturated heterocycles. The second-order valence-corrected chi connectivity index (χ2v) is 2.54. The van der Waals surface area contributed by atoms with Crippen molar-refractivity contribution in [1.82, 2.24) is 0 Å². The molecular formula is C7H8BN3O3. The van der Waals surface area contributed by atoms with Gasteiger partial charge in [0.15, 0.2) is 0 Å². The van der Waals surface area contributed by atoms with Gasteiger partial charge in [-0.1, -0.05) is 0 Å².